The maximum atomic E-state index is 13.5. The zero-order chi connectivity index (χ0) is 22.4. The Hall–Kier alpha value is -3.61. The Balaban J connectivity index is 1.68. The van der Waals surface area contributed by atoms with E-state index in [2.05, 4.69) is 36.1 Å². The predicted molar refractivity (Wildman–Crippen MR) is 127 cm³/mol. The van der Waals surface area contributed by atoms with E-state index in [-0.39, 0.29) is 17.8 Å². The Labute approximate surface area is 186 Å². The van der Waals surface area contributed by atoms with E-state index in [0.29, 0.717) is 17.7 Å². The lowest BCUT2D eigenvalue weighted by Gasteiger charge is -2.29. The van der Waals surface area contributed by atoms with Crippen LogP contribution in [0.1, 0.15) is 30.0 Å². The first-order valence-electron chi connectivity index (χ1n) is 11.1. The first kappa shape index (κ1) is 20.3. The van der Waals surface area contributed by atoms with Gasteiger partial charge >= 0.3 is 5.69 Å². The minimum atomic E-state index is -0.347. The van der Waals surface area contributed by atoms with E-state index in [1.807, 2.05) is 35.8 Å². The van der Waals surface area contributed by atoms with Gasteiger partial charge in [-0.25, -0.2) is 4.79 Å². The Morgan fingerprint density at radius 2 is 1.75 bits per heavy atom. The molecular formula is C25H27N5O2. The van der Waals surface area contributed by atoms with E-state index in [9.17, 15) is 9.59 Å². The Bertz CT molecular complexity index is 1430. The summed E-state index contributed by atoms with van der Waals surface area (Å²) in [7, 11) is 1.69. The molecule has 0 atom stereocenters. The van der Waals surface area contributed by atoms with Gasteiger partial charge in [-0.3, -0.25) is 13.9 Å². The molecule has 0 N–H and O–H groups in total. The fourth-order valence-corrected chi connectivity index (χ4v) is 4.52. The zero-order valence-corrected chi connectivity index (χ0v) is 18.7. The van der Waals surface area contributed by atoms with Crippen LogP contribution < -0.4 is 16.1 Å². The largest absolute Gasteiger partial charge is 0.332 e. The van der Waals surface area contributed by atoms with E-state index in [4.69, 9.17) is 4.98 Å². The summed E-state index contributed by atoms with van der Waals surface area (Å²) >= 11 is 0. The third-order valence-electron chi connectivity index (χ3n) is 6.46. The van der Waals surface area contributed by atoms with Crippen molar-refractivity contribution in [2.24, 2.45) is 7.05 Å². The average molecular weight is 430 g/mol. The van der Waals surface area contributed by atoms with Gasteiger partial charge in [0, 0.05) is 25.8 Å². The molecule has 0 fully saturated rings. The average Bonchev–Trinajstić information content (AvgIpc) is 3.22. The van der Waals surface area contributed by atoms with Crippen LogP contribution in [-0.2, 0) is 26.6 Å². The number of fused-ring (bicyclic) bond motifs is 3. The zero-order valence-electron chi connectivity index (χ0n) is 18.7. The number of nitrogens with zero attached hydrogens (tertiary/aromatic N) is 5. The van der Waals surface area contributed by atoms with Crippen molar-refractivity contribution in [3.8, 4) is 0 Å². The van der Waals surface area contributed by atoms with Crippen LogP contribution in [0.3, 0.4) is 0 Å². The molecule has 5 rings (SSSR count). The molecule has 1 aliphatic heterocycles. The van der Waals surface area contributed by atoms with Crippen LogP contribution in [-0.4, -0.2) is 25.2 Å². The van der Waals surface area contributed by atoms with Gasteiger partial charge in [0.25, 0.3) is 5.56 Å². The fourth-order valence-electron chi connectivity index (χ4n) is 4.52. The van der Waals surface area contributed by atoms with E-state index < -0.39 is 0 Å². The van der Waals surface area contributed by atoms with Crippen LogP contribution in [0.2, 0.25) is 0 Å². The van der Waals surface area contributed by atoms with Crippen molar-refractivity contribution in [3.05, 3.63) is 86.1 Å². The summed E-state index contributed by atoms with van der Waals surface area (Å²) in [4.78, 5) is 33.6. The smallest absolute Gasteiger partial charge is 0.312 e. The lowest BCUT2D eigenvalue weighted by atomic mass is 10.1. The van der Waals surface area contributed by atoms with Gasteiger partial charge in [-0.05, 0) is 48.6 Å². The molecule has 1 aliphatic rings. The second kappa shape index (κ2) is 7.82. The van der Waals surface area contributed by atoms with Gasteiger partial charge < -0.3 is 9.47 Å². The van der Waals surface area contributed by atoms with Crippen LogP contribution in [0.5, 0.6) is 0 Å². The van der Waals surface area contributed by atoms with Crippen molar-refractivity contribution in [3.63, 3.8) is 0 Å². The monoisotopic (exact) mass is 429 g/mol. The molecular weight excluding hydrogens is 402 g/mol. The standard InChI is InChI=1S/C25H27N5O2/c1-4-18-10-12-20(13-11-18)28-14-7-15-29-21-22(26-24(28)29)27(3)25(32)30(23(21)31)16-19-9-6-5-8-17(19)2/h5-6,8-13H,4,7,14-16H2,1-3H3. The number of rotatable bonds is 4. The van der Waals surface area contributed by atoms with Gasteiger partial charge in [0.2, 0.25) is 5.95 Å². The highest BCUT2D eigenvalue weighted by Gasteiger charge is 2.27. The molecule has 0 saturated carbocycles. The number of hydrogen-bond donors (Lipinski definition) is 0. The predicted octanol–water partition coefficient (Wildman–Crippen LogP) is 3.36. The van der Waals surface area contributed by atoms with Crippen LogP contribution in [0.25, 0.3) is 11.2 Å². The molecule has 0 spiro atoms. The molecule has 2 aromatic carbocycles. The molecule has 0 radical (unpaired) electrons. The maximum Gasteiger partial charge on any atom is 0.332 e. The topological polar surface area (TPSA) is 65.1 Å². The van der Waals surface area contributed by atoms with Gasteiger partial charge in [0.05, 0.1) is 6.54 Å². The molecule has 7 heteroatoms. The molecule has 0 unspecified atom stereocenters. The third kappa shape index (κ3) is 3.16. The normalized spacial score (nSPS) is 13.5. The van der Waals surface area contributed by atoms with Gasteiger partial charge in [0.1, 0.15) is 0 Å². The van der Waals surface area contributed by atoms with E-state index >= 15 is 0 Å². The highest BCUT2D eigenvalue weighted by atomic mass is 16.2. The molecule has 164 valence electrons. The second-order valence-corrected chi connectivity index (χ2v) is 8.42. The van der Waals surface area contributed by atoms with Crippen LogP contribution in [0.15, 0.2) is 58.1 Å². The summed E-state index contributed by atoms with van der Waals surface area (Å²) in [6, 6.07) is 16.3. The SMILES string of the molecule is CCc1ccc(N2CCCn3c2nc2c3c(=O)n(Cc3ccccc3C)c(=O)n2C)cc1. The lowest BCUT2D eigenvalue weighted by Crippen LogP contribution is -2.40. The Morgan fingerprint density at radius 3 is 2.47 bits per heavy atom. The summed E-state index contributed by atoms with van der Waals surface area (Å²) in [5, 5.41) is 0. The first-order chi connectivity index (χ1) is 15.5. The fraction of sp³-hybridized carbons (Fsp3) is 0.320. The first-order valence-corrected chi connectivity index (χ1v) is 11.1. The van der Waals surface area contributed by atoms with Gasteiger partial charge in [-0.1, -0.05) is 43.3 Å². The molecule has 0 amide bonds. The highest BCUT2D eigenvalue weighted by molar-refractivity contribution is 5.77. The minimum absolute atomic E-state index is 0.247. The van der Waals surface area contributed by atoms with Crippen molar-refractivity contribution in [1.82, 2.24) is 18.7 Å². The Morgan fingerprint density at radius 1 is 1.00 bits per heavy atom. The van der Waals surface area contributed by atoms with Gasteiger partial charge in [0.15, 0.2) is 11.2 Å². The van der Waals surface area contributed by atoms with Crippen molar-refractivity contribution < 1.29 is 0 Å². The van der Waals surface area contributed by atoms with Crippen LogP contribution in [0, 0.1) is 6.92 Å². The summed E-state index contributed by atoms with van der Waals surface area (Å²) in [5.74, 6) is 0.719. The second-order valence-electron chi connectivity index (χ2n) is 8.42. The molecule has 2 aromatic heterocycles. The number of aromatic nitrogens is 4. The number of aryl methyl sites for hydroxylation is 4. The molecule has 0 saturated heterocycles. The maximum absolute atomic E-state index is 13.5. The third-order valence-corrected chi connectivity index (χ3v) is 6.46. The van der Waals surface area contributed by atoms with Crippen LogP contribution >= 0.6 is 0 Å². The van der Waals surface area contributed by atoms with Crippen molar-refractivity contribution in [2.45, 2.75) is 39.8 Å². The van der Waals surface area contributed by atoms with Crippen molar-refractivity contribution >= 4 is 22.8 Å². The quantitative estimate of drug-likeness (QED) is 0.499. The molecule has 0 bridgehead atoms. The molecule has 7 nitrogen and oxygen atoms in total. The summed E-state index contributed by atoms with van der Waals surface area (Å²) in [5.41, 5.74) is 4.64. The molecule has 4 aromatic rings. The number of anilines is 2. The van der Waals surface area contributed by atoms with Gasteiger partial charge in [-0.15, -0.1) is 0 Å². The van der Waals surface area contributed by atoms with Crippen LogP contribution in [0.4, 0.5) is 11.6 Å². The summed E-state index contributed by atoms with van der Waals surface area (Å²) in [6.45, 7) is 5.90. The molecule has 3 heterocycles. The highest BCUT2D eigenvalue weighted by Crippen LogP contribution is 2.31. The number of benzene rings is 2. The lowest BCUT2D eigenvalue weighted by molar-refractivity contribution is 0.597. The number of hydrogen-bond acceptors (Lipinski definition) is 4. The van der Waals surface area contributed by atoms with Crippen molar-refractivity contribution in [2.75, 3.05) is 11.4 Å². The number of imidazole rings is 1. The molecule has 32 heavy (non-hydrogen) atoms. The van der Waals surface area contributed by atoms with E-state index in [1.165, 1.54) is 14.7 Å². The summed E-state index contributed by atoms with van der Waals surface area (Å²) in [6.07, 6.45) is 1.88. The summed E-state index contributed by atoms with van der Waals surface area (Å²) < 4.78 is 4.80. The van der Waals surface area contributed by atoms with Gasteiger partial charge in [-0.2, -0.15) is 4.98 Å². The minimum Gasteiger partial charge on any atom is -0.312 e. The molecule has 0 aliphatic carbocycles. The van der Waals surface area contributed by atoms with Crippen molar-refractivity contribution in [1.29, 1.82) is 0 Å². The Kier molecular flexibility index (Phi) is 4.96. The van der Waals surface area contributed by atoms with E-state index in [0.717, 1.165) is 42.1 Å². The van der Waals surface area contributed by atoms with E-state index in [1.54, 1.807) is 7.05 Å².